The van der Waals surface area contributed by atoms with Gasteiger partial charge in [0.05, 0.1) is 5.69 Å². The average Bonchev–Trinajstić information content (AvgIpc) is 1.95. The Kier molecular flexibility index (Phi) is 1.64. The highest BCUT2D eigenvalue weighted by molar-refractivity contribution is 5.52. The lowest BCUT2D eigenvalue weighted by atomic mass is 10.3. The van der Waals surface area contributed by atoms with Crippen LogP contribution < -0.4 is 11.3 Å². The van der Waals surface area contributed by atoms with Crippen molar-refractivity contribution in [3.63, 3.8) is 0 Å². The third-order valence-corrected chi connectivity index (χ3v) is 1.14. The Morgan fingerprint density at radius 1 is 1.20 bits per heavy atom. The first-order valence-electron chi connectivity index (χ1n) is 2.72. The van der Waals surface area contributed by atoms with Gasteiger partial charge in [0, 0.05) is 6.07 Å². The second-order valence-electron chi connectivity index (χ2n) is 1.85. The van der Waals surface area contributed by atoms with Crippen molar-refractivity contribution in [3.05, 3.63) is 18.2 Å². The summed E-state index contributed by atoms with van der Waals surface area (Å²) in [5.74, 6) is 4.69. The van der Waals surface area contributed by atoms with Crippen LogP contribution in [0.2, 0.25) is 0 Å². The molecule has 1 aromatic carbocycles. The van der Waals surface area contributed by atoms with Gasteiger partial charge in [0.25, 0.3) is 0 Å². The highest BCUT2D eigenvalue weighted by Gasteiger charge is 1.97. The van der Waals surface area contributed by atoms with Crippen molar-refractivity contribution >= 4 is 5.69 Å². The number of anilines is 1. The van der Waals surface area contributed by atoms with Crippen LogP contribution in [0, 0.1) is 0 Å². The normalized spacial score (nSPS) is 9.30. The monoisotopic (exact) mass is 140 g/mol. The molecule has 0 aliphatic carbocycles. The minimum atomic E-state index is -0.185. The fraction of sp³-hybridized carbons (Fsp3) is 0. The quantitative estimate of drug-likeness (QED) is 0.197. The van der Waals surface area contributed by atoms with Crippen molar-refractivity contribution < 1.29 is 10.2 Å². The largest absolute Gasteiger partial charge is 0.504 e. The molecule has 0 spiro atoms. The number of aromatic hydroxyl groups is 2. The molecule has 5 N–H and O–H groups in total. The maximum Gasteiger partial charge on any atom is 0.159 e. The lowest BCUT2D eigenvalue weighted by Gasteiger charge is -2.00. The van der Waals surface area contributed by atoms with Crippen molar-refractivity contribution in [3.8, 4) is 11.5 Å². The molecule has 0 amide bonds. The van der Waals surface area contributed by atoms with Gasteiger partial charge in [0.15, 0.2) is 11.5 Å². The molecule has 10 heavy (non-hydrogen) atoms. The van der Waals surface area contributed by atoms with Crippen LogP contribution in [-0.2, 0) is 0 Å². The predicted molar refractivity (Wildman–Crippen MR) is 37.6 cm³/mol. The fourth-order valence-corrected chi connectivity index (χ4v) is 0.613. The van der Waals surface area contributed by atoms with Gasteiger partial charge in [-0.15, -0.1) is 0 Å². The van der Waals surface area contributed by atoms with Crippen molar-refractivity contribution in [2.75, 3.05) is 5.43 Å². The Bertz CT molecular complexity index is 237. The molecule has 1 aromatic rings. The van der Waals surface area contributed by atoms with E-state index in [4.69, 9.17) is 16.1 Å². The van der Waals surface area contributed by atoms with E-state index in [-0.39, 0.29) is 11.5 Å². The molecule has 0 bridgehead atoms. The molecule has 4 nitrogen and oxygen atoms in total. The number of phenols is 2. The van der Waals surface area contributed by atoms with Gasteiger partial charge in [-0.3, -0.25) is 5.84 Å². The maximum atomic E-state index is 8.89. The number of hydrogen-bond donors (Lipinski definition) is 4. The number of rotatable bonds is 1. The van der Waals surface area contributed by atoms with Gasteiger partial charge in [-0.2, -0.15) is 0 Å². The lowest BCUT2D eigenvalue weighted by molar-refractivity contribution is 0.404. The minimum absolute atomic E-state index is 0.154. The molecule has 0 fully saturated rings. The van der Waals surface area contributed by atoms with Crippen LogP contribution >= 0.6 is 0 Å². The summed E-state index contributed by atoms with van der Waals surface area (Å²) in [6, 6.07) is 4.23. The number of nitrogens with two attached hydrogens (primary N) is 1. The Balaban J connectivity index is 3.04. The molecule has 0 saturated carbocycles. The Labute approximate surface area is 57.9 Å². The first kappa shape index (κ1) is 6.70. The lowest BCUT2D eigenvalue weighted by Crippen LogP contribution is -2.05. The van der Waals surface area contributed by atoms with Crippen LogP contribution in [0.15, 0.2) is 18.2 Å². The van der Waals surface area contributed by atoms with Gasteiger partial charge in [-0.1, -0.05) is 0 Å². The van der Waals surface area contributed by atoms with E-state index in [1.807, 2.05) is 0 Å². The van der Waals surface area contributed by atoms with E-state index in [1.165, 1.54) is 12.1 Å². The third kappa shape index (κ3) is 1.11. The van der Waals surface area contributed by atoms with Gasteiger partial charge in [-0.05, 0) is 12.1 Å². The molecular weight excluding hydrogens is 132 g/mol. The van der Waals surface area contributed by atoms with E-state index in [1.54, 1.807) is 6.07 Å². The highest BCUT2D eigenvalue weighted by Crippen LogP contribution is 2.26. The molecule has 0 radical (unpaired) electrons. The Morgan fingerprint density at radius 2 is 1.90 bits per heavy atom. The number of hydrazine groups is 1. The van der Waals surface area contributed by atoms with Crippen molar-refractivity contribution in [2.24, 2.45) is 5.84 Å². The topological polar surface area (TPSA) is 78.5 Å². The van der Waals surface area contributed by atoms with Crippen molar-refractivity contribution in [1.29, 1.82) is 0 Å². The molecule has 0 aromatic heterocycles. The first-order valence-corrected chi connectivity index (χ1v) is 2.72. The molecule has 4 heteroatoms. The van der Waals surface area contributed by atoms with Crippen LogP contribution in [0.1, 0.15) is 0 Å². The first-order chi connectivity index (χ1) is 4.74. The fourth-order valence-electron chi connectivity index (χ4n) is 0.613. The summed E-state index contributed by atoms with van der Waals surface area (Å²) in [4.78, 5) is 0. The number of nitrogen functional groups attached to an aromatic ring is 1. The molecule has 54 valence electrons. The second-order valence-corrected chi connectivity index (χ2v) is 1.85. The Morgan fingerprint density at radius 3 is 2.40 bits per heavy atom. The van der Waals surface area contributed by atoms with E-state index in [0.29, 0.717) is 5.69 Å². The zero-order valence-corrected chi connectivity index (χ0v) is 5.20. The van der Waals surface area contributed by atoms with Gasteiger partial charge < -0.3 is 15.6 Å². The van der Waals surface area contributed by atoms with E-state index in [9.17, 15) is 0 Å². The van der Waals surface area contributed by atoms with E-state index < -0.39 is 0 Å². The summed E-state index contributed by atoms with van der Waals surface area (Å²) >= 11 is 0. The molecule has 0 atom stereocenters. The SMILES string of the molecule is NNc1ccc(O)c(O)c1. The van der Waals surface area contributed by atoms with Crippen LogP contribution in [0.25, 0.3) is 0 Å². The van der Waals surface area contributed by atoms with E-state index in [0.717, 1.165) is 0 Å². The standard InChI is InChI=1S/C6H8N2O2/c7-8-4-1-2-5(9)6(10)3-4/h1-3,8-10H,7H2. The molecule has 1 rings (SSSR count). The number of benzene rings is 1. The van der Waals surface area contributed by atoms with Gasteiger partial charge >= 0.3 is 0 Å². The summed E-state index contributed by atoms with van der Waals surface area (Å²) in [6.45, 7) is 0. The number of nitrogens with one attached hydrogen (secondary N) is 1. The molecule has 0 aliphatic rings. The minimum Gasteiger partial charge on any atom is -0.504 e. The molecule has 0 heterocycles. The summed E-state index contributed by atoms with van der Waals surface area (Å²) in [5.41, 5.74) is 2.88. The molecular formula is C6H8N2O2. The van der Waals surface area contributed by atoms with Crippen LogP contribution in [0.5, 0.6) is 11.5 Å². The van der Waals surface area contributed by atoms with Gasteiger partial charge in [0.1, 0.15) is 0 Å². The zero-order chi connectivity index (χ0) is 7.56. The summed E-state index contributed by atoms with van der Waals surface area (Å²) in [7, 11) is 0. The zero-order valence-electron chi connectivity index (χ0n) is 5.20. The summed E-state index contributed by atoms with van der Waals surface area (Å²) < 4.78 is 0. The summed E-state index contributed by atoms with van der Waals surface area (Å²) in [5, 5.41) is 17.7. The summed E-state index contributed by atoms with van der Waals surface area (Å²) in [6.07, 6.45) is 0. The van der Waals surface area contributed by atoms with Gasteiger partial charge in [-0.25, -0.2) is 0 Å². The molecule has 0 unspecified atom stereocenters. The maximum absolute atomic E-state index is 8.89. The third-order valence-electron chi connectivity index (χ3n) is 1.14. The number of phenolic OH excluding ortho intramolecular Hbond substituents is 2. The second kappa shape index (κ2) is 2.45. The molecule has 0 aliphatic heterocycles. The van der Waals surface area contributed by atoms with E-state index in [2.05, 4.69) is 5.43 Å². The highest BCUT2D eigenvalue weighted by atomic mass is 16.3. The van der Waals surface area contributed by atoms with E-state index >= 15 is 0 Å². The van der Waals surface area contributed by atoms with Crippen LogP contribution in [-0.4, -0.2) is 10.2 Å². The Hall–Kier alpha value is -1.42. The number of hydrogen-bond acceptors (Lipinski definition) is 4. The molecule has 0 saturated heterocycles. The smallest absolute Gasteiger partial charge is 0.159 e. The van der Waals surface area contributed by atoms with Gasteiger partial charge in [0.2, 0.25) is 0 Å². The average molecular weight is 140 g/mol. The van der Waals surface area contributed by atoms with Crippen LogP contribution in [0.3, 0.4) is 0 Å². The van der Waals surface area contributed by atoms with Crippen molar-refractivity contribution in [1.82, 2.24) is 0 Å². The predicted octanol–water partition coefficient (Wildman–Crippen LogP) is 0.383. The van der Waals surface area contributed by atoms with Crippen LogP contribution in [0.4, 0.5) is 5.69 Å². The van der Waals surface area contributed by atoms with Crippen molar-refractivity contribution in [2.45, 2.75) is 0 Å².